The highest BCUT2D eigenvalue weighted by Crippen LogP contribution is 2.18. The van der Waals surface area contributed by atoms with Crippen molar-refractivity contribution in [1.29, 1.82) is 0 Å². The predicted octanol–water partition coefficient (Wildman–Crippen LogP) is 2.77. The summed E-state index contributed by atoms with van der Waals surface area (Å²) in [6.45, 7) is 4.16. The molecule has 100 valence electrons. The lowest BCUT2D eigenvalue weighted by atomic mass is 10.2. The summed E-state index contributed by atoms with van der Waals surface area (Å²) in [7, 11) is 0. The van der Waals surface area contributed by atoms with Crippen LogP contribution in [-0.4, -0.2) is 9.97 Å². The van der Waals surface area contributed by atoms with Crippen LogP contribution in [0.25, 0.3) is 0 Å². The molecule has 0 aliphatic rings. The van der Waals surface area contributed by atoms with Gasteiger partial charge in [-0.05, 0) is 25.5 Å². The Balaban J connectivity index is 2.23. The van der Waals surface area contributed by atoms with Crippen LogP contribution >= 0.6 is 0 Å². The molecule has 1 heterocycles. The van der Waals surface area contributed by atoms with Gasteiger partial charge in [0, 0.05) is 18.2 Å². The number of hydrogen-bond donors (Lipinski definition) is 3. The van der Waals surface area contributed by atoms with Gasteiger partial charge in [-0.2, -0.15) is 0 Å². The van der Waals surface area contributed by atoms with E-state index in [0.717, 1.165) is 30.2 Å². The van der Waals surface area contributed by atoms with Gasteiger partial charge in [0.2, 0.25) is 0 Å². The van der Waals surface area contributed by atoms with Gasteiger partial charge in [0.25, 0.3) is 0 Å². The van der Waals surface area contributed by atoms with Gasteiger partial charge in [0.05, 0.1) is 0 Å². The van der Waals surface area contributed by atoms with Crippen molar-refractivity contribution < 1.29 is 0 Å². The van der Waals surface area contributed by atoms with Gasteiger partial charge in [-0.25, -0.2) is 15.8 Å². The molecule has 5 heteroatoms. The molecule has 0 atom stereocenters. The second-order valence-electron chi connectivity index (χ2n) is 4.44. The summed E-state index contributed by atoms with van der Waals surface area (Å²) in [6.07, 6.45) is 1.83. The van der Waals surface area contributed by atoms with E-state index in [-0.39, 0.29) is 0 Å². The van der Waals surface area contributed by atoms with Crippen LogP contribution in [0.4, 0.5) is 17.3 Å². The Morgan fingerprint density at radius 2 is 1.79 bits per heavy atom. The highest BCUT2D eigenvalue weighted by atomic mass is 15.3. The molecule has 4 N–H and O–H groups in total. The van der Waals surface area contributed by atoms with E-state index in [9.17, 15) is 0 Å². The zero-order valence-electron chi connectivity index (χ0n) is 11.3. The molecule has 0 bridgehead atoms. The number of nitrogen functional groups attached to an aromatic ring is 1. The fourth-order valence-corrected chi connectivity index (χ4v) is 1.76. The number of aryl methyl sites for hydroxylation is 2. The minimum absolute atomic E-state index is 0.619. The summed E-state index contributed by atoms with van der Waals surface area (Å²) in [6, 6.07) is 9.94. The quantitative estimate of drug-likeness (QED) is 0.567. The van der Waals surface area contributed by atoms with Gasteiger partial charge in [-0.15, -0.1) is 0 Å². The molecule has 0 unspecified atom stereocenters. The van der Waals surface area contributed by atoms with E-state index >= 15 is 0 Å². The second kappa shape index (κ2) is 6.15. The number of nitrogens with one attached hydrogen (secondary N) is 2. The van der Waals surface area contributed by atoms with Crippen molar-refractivity contribution in [1.82, 2.24) is 9.97 Å². The topological polar surface area (TPSA) is 75.9 Å². The van der Waals surface area contributed by atoms with Gasteiger partial charge in [0.1, 0.15) is 17.5 Å². The fraction of sp³-hybridized carbons (Fsp3) is 0.286. The molecule has 0 fully saturated rings. The van der Waals surface area contributed by atoms with Crippen LogP contribution in [0.3, 0.4) is 0 Å². The Morgan fingerprint density at radius 1 is 1.11 bits per heavy atom. The first kappa shape index (κ1) is 13.3. The van der Waals surface area contributed by atoms with E-state index in [4.69, 9.17) is 5.84 Å². The molecule has 0 aliphatic heterocycles. The van der Waals surface area contributed by atoms with Crippen LogP contribution in [0.5, 0.6) is 0 Å². The maximum absolute atomic E-state index is 5.43. The van der Waals surface area contributed by atoms with Crippen LogP contribution in [0.15, 0.2) is 30.3 Å². The van der Waals surface area contributed by atoms with Crippen LogP contribution in [-0.2, 0) is 6.42 Å². The molecular weight excluding hydrogens is 238 g/mol. The molecule has 19 heavy (non-hydrogen) atoms. The molecule has 1 aromatic heterocycles. The molecular formula is C14H19N5. The number of anilines is 3. The lowest BCUT2D eigenvalue weighted by Gasteiger charge is -2.09. The van der Waals surface area contributed by atoms with Crippen molar-refractivity contribution in [2.45, 2.75) is 26.7 Å². The Bertz CT molecular complexity index is 536. The van der Waals surface area contributed by atoms with Gasteiger partial charge in [-0.3, -0.25) is 0 Å². The largest absolute Gasteiger partial charge is 0.340 e. The Kier molecular flexibility index (Phi) is 4.30. The number of nitrogens with zero attached hydrogens (tertiary/aromatic N) is 2. The summed E-state index contributed by atoms with van der Waals surface area (Å²) >= 11 is 0. The Labute approximate surface area is 113 Å². The minimum atomic E-state index is 0.619. The molecule has 0 aliphatic carbocycles. The standard InChI is InChI=1S/C14H19N5/c1-3-4-12-17-13(9-14(18-12)19-15)16-11-7-5-10(2)6-8-11/h5-9H,3-4,15H2,1-2H3,(H2,16,17,18,19). The smallest absolute Gasteiger partial charge is 0.145 e. The molecule has 1 aromatic carbocycles. The third kappa shape index (κ3) is 3.66. The van der Waals surface area contributed by atoms with Crippen LogP contribution < -0.4 is 16.6 Å². The van der Waals surface area contributed by atoms with Gasteiger partial charge in [0.15, 0.2) is 0 Å². The number of rotatable bonds is 5. The third-order valence-corrected chi connectivity index (χ3v) is 2.72. The van der Waals surface area contributed by atoms with E-state index in [1.54, 1.807) is 6.07 Å². The number of aromatic nitrogens is 2. The lowest BCUT2D eigenvalue weighted by molar-refractivity contribution is 0.837. The zero-order chi connectivity index (χ0) is 13.7. The van der Waals surface area contributed by atoms with Crippen LogP contribution in [0.2, 0.25) is 0 Å². The second-order valence-corrected chi connectivity index (χ2v) is 4.44. The Morgan fingerprint density at radius 3 is 2.42 bits per heavy atom. The van der Waals surface area contributed by atoms with Crippen molar-refractivity contribution in [3.63, 3.8) is 0 Å². The van der Waals surface area contributed by atoms with Gasteiger partial charge < -0.3 is 10.7 Å². The molecule has 5 nitrogen and oxygen atoms in total. The molecule has 2 rings (SSSR count). The summed E-state index contributed by atoms with van der Waals surface area (Å²) < 4.78 is 0. The fourth-order valence-electron chi connectivity index (χ4n) is 1.76. The van der Waals surface area contributed by atoms with Crippen LogP contribution in [0, 0.1) is 6.92 Å². The summed E-state index contributed by atoms with van der Waals surface area (Å²) in [5, 5.41) is 3.26. The van der Waals surface area contributed by atoms with E-state index < -0.39 is 0 Å². The highest BCUT2D eigenvalue weighted by Gasteiger charge is 2.04. The third-order valence-electron chi connectivity index (χ3n) is 2.72. The van der Waals surface area contributed by atoms with Crippen molar-refractivity contribution in [2.75, 3.05) is 10.7 Å². The SMILES string of the molecule is CCCc1nc(NN)cc(Nc2ccc(C)cc2)n1. The number of nitrogens with two attached hydrogens (primary N) is 1. The summed E-state index contributed by atoms with van der Waals surface area (Å²) in [5.41, 5.74) is 4.79. The normalized spacial score (nSPS) is 10.3. The number of hydrazine groups is 1. The monoisotopic (exact) mass is 257 g/mol. The van der Waals surface area contributed by atoms with E-state index in [1.807, 2.05) is 12.1 Å². The van der Waals surface area contributed by atoms with Crippen molar-refractivity contribution >= 4 is 17.3 Å². The molecule has 2 aromatic rings. The van der Waals surface area contributed by atoms with Crippen LogP contribution in [0.1, 0.15) is 24.7 Å². The number of benzene rings is 1. The molecule has 0 saturated carbocycles. The maximum atomic E-state index is 5.43. The van der Waals surface area contributed by atoms with Crippen molar-refractivity contribution in [3.05, 3.63) is 41.7 Å². The van der Waals surface area contributed by atoms with Crippen molar-refractivity contribution in [3.8, 4) is 0 Å². The lowest BCUT2D eigenvalue weighted by Crippen LogP contribution is -2.11. The van der Waals surface area contributed by atoms with Crippen molar-refractivity contribution in [2.24, 2.45) is 5.84 Å². The zero-order valence-corrected chi connectivity index (χ0v) is 11.3. The average Bonchev–Trinajstić information content (AvgIpc) is 2.41. The first-order valence-corrected chi connectivity index (χ1v) is 6.39. The minimum Gasteiger partial charge on any atom is -0.340 e. The van der Waals surface area contributed by atoms with Gasteiger partial charge in [-0.1, -0.05) is 24.6 Å². The van der Waals surface area contributed by atoms with E-state index in [2.05, 4.69) is 46.7 Å². The highest BCUT2D eigenvalue weighted by molar-refractivity contribution is 5.59. The molecule has 0 spiro atoms. The Hall–Kier alpha value is -2.14. The summed E-state index contributed by atoms with van der Waals surface area (Å²) in [5.74, 6) is 7.58. The van der Waals surface area contributed by atoms with E-state index in [0.29, 0.717) is 5.82 Å². The predicted molar refractivity (Wildman–Crippen MR) is 78.3 cm³/mol. The molecule has 0 amide bonds. The molecule has 0 radical (unpaired) electrons. The first-order valence-electron chi connectivity index (χ1n) is 6.39. The maximum Gasteiger partial charge on any atom is 0.145 e. The van der Waals surface area contributed by atoms with Gasteiger partial charge >= 0.3 is 0 Å². The number of hydrogen-bond acceptors (Lipinski definition) is 5. The van der Waals surface area contributed by atoms with E-state index in [1.165, 1.54) is 5.56 Å². The summed E-state index contributed by atoms with van der Waals surface area (Å²) in [4.78, 5) is 8.78. The average molecular weight is 257 g/mol. The first-order chi connectivity index (χ1) is 9.21. The molecule has 0 saturated heterocycles.